The first-order valence-corrected chi connectivity index (χ1v) is 8.79. The quantitative estimate of drug-likeness (QED) is 0.563. The molecule has 1 rings (SSSR count). The Morgan fingerprint density at radius 2 is 2.18 bits per heavy atom. The molecule has 0 aromatic carbocycles. The number of hydrogen-bond acceptors (Lipinski definition) is 3. The molecule has 3 heteroatoms. The van der Waals surface area contributed by atoms with Crippen molar-refractivity contribution < 1.29 is 0 Å². The van der Waals surface area contributed by atoms with Crippen molar-refractivity contribution in [1.82, 2.24) is 5.32 Å². The minimum atomic E-state index is 0.649. The number of nitrogens with one attached hydrogen (secondary N) is 1. The molecular formula is C14H25NS2. The van der Waals surface area contributed by atoms with Crippen LogP contribution < -0.4 is 5.32 Å². The van der Waals surface area contributed by atoms with Gasteiger partial charge in [0.15, 0.2) is 0 Å². The number of rotatable bonds is 7. The van der Waals surface area contributed by atoms with E-state index in [-0.39, 0.29) is 0 Å². The van der Waals surface area contributed by atoms with Crippen LogP contribution in [0.2, 0.25) is 0 Å². The molecular weight excluding hydrogens is 246 g/mol. The van der Waals surface area contributed by atoms with Crippen LogP contribution in [-0.4, -0.2) is 34.6 Å². The highest BCUT2D eigenvalue weighted by molar-refractivity contribution is 8.07. The Kier molecular flexibility index (Phi) is 8.26. The zero-order chi connectivity index (χ0) is 12.5. The van der Waals surface area contributed by atoms with Crippen LogP contribution in [0.25, 0.3) is 0 Å². The third kappa shape index (κ3) is 5.59. The van der Waals surface area contributed by atoms with Gasteiger partial charge >= 0.3 is 0 Å². The highest BCUT2D eigenvalue weighted by Gasteiger charge is 2.29. The van der Waals surface area contributed by atoms with Gasteiger partial charge in [-0.1, -0.05) is 13.8 Å². The Bertz CT molecular complexity index is 237. The second kappa shape index (κ2) is 9.19. The largest absolute Gasteiger partial charge is 0.313 e. The van der Waals surface area contributed by atoms with Gasteiger partial charge in [0.05, 0.1) is 0 Å². The molecule has 17 heavy (non-hydrogen) atoms. The number of unbranched alkanes of at least 4 members (excludes halogenated alkanes) is 1. The van der Waals surface area contributed by atoms with E-state index in [9.17, 15) is 0 Å². The summed E-state index contributed by atoms with van der Waals surface area (Å²) in [4.78, 5) is 0. The molecule has 0 spiro atoms. The molecule has 1 N–H and O–H groups in total. The van der Waals surface area contributed by atoms with Crippen molar-refractivity contribution in [2.24, 2.45) is 0 Å². The molecule has 1 fully saturated rings. The molecule has 98 valence electrons. The molecule has 0 bridgehead atoms. The highest BCUT2D eigenvalue weighted by atomic mass is 32.2. The summed E-state index contributed by atoms with van der Waals surface area (Å²) in [6.45, 7) is 5.75. The summed E-state index contributed by atoms with van der Waals surface area (Å²) >= 11 is 4.28. The third-order valence-corrected chi connectivity index (χ3v) is 6.38. The predicted octanol–water partition coefficient (Wildman–Crippen LogP) is 3.40. The minimum absolute atomic E-state index is 0.649. The van der Waals surface area contributed by atoms with Crippen molar-refractivity contribution in [3.63, 3.8) is 0 Å². The Balaban J connectivity index is 2.44. The van der Waals surface area contributed by atoms with Crippen LogP contribution >= 0.6 is 23.5 Å². The monoisotopic (exact) mass is 271 g/mol. The van der Waals surface area contributed by atoms with Gasteiger partial charge in [0.25, 0.3) is 0 Å². The lowest BCUT2D eigenvalue weighted by atomic mass is 10.0. The summed E-state index contributed by atoms with van der Waals surface area (Å²) in [5.41, 5.74) is 0. The van der Waals surface area contributed by atoms with Gasteiger partial charge in [-0.2, -0.15) is 23.5 Å². The molecule has 1 nitrogen and oxygen atoms in total. The van der Waals surface area contributed by atoms with Gasteiger partial charge in [0.1, 0.15) is 0 Å². The van der Waals surface area contributed by atoms with Crippen molar-refractivity contribution in [2.75, 3.05) is 18.1 Å². The maximum atomic E-state index is 5.34. The van der Waals surface area contributed by atoms with Crippen molar-refractivity contribution >= 4 is 23.5 Å². The molecule has 0 amide bonds. The van der Waals surface area contributed by atoms with Gasteiger partial charge in [0, 0.05) is 34.5 Å². The van der Waals surface area contributed by atoms with Crippen LogP contribution in [0.1, 0.15) is 39.5 Å². The lowest BCUT2D eigenvalue weighted by Gasteiger charge is -2.35. The fraction of sp³-hybridized carbons (Fsp3) is 0.857. The average molecular weight is 271 g/mol. The van der Waals surface area contributed by atoms with Gasteiger partial charge in [-0.3, -0.25) is 0 Å². The van der Waals surface area contributed by atoms with Gasteiger partial charge in [-0.25, -0.2) is 0 Å². The first-order chi connectivity index (χ1) is 8.29. The van der Waals surface area contributed by atoms with Gasteiger partial charge in [-0.15, -0.1) is 12.3 Å². The van der Waals surface area contributed by atoms with Crippen LogP contribution in [-0.2, 0) is 0 Å². The standard InChI is InChI=1S/C14H25NS2/c1-4-6-7-8-13(15-9-5-2)14-12(3)16-10-11-17-14/h1,12-15H,5-11H2,2-3H3. The first kappa shape index (κ1) is 15.3. The Hall–Kier alpha value is 0.220. The second-order valence-electron chi connectivity index (χ2n) is 4.57. The summed E-state index contributed by atoms with van der Waals surface area (Å²) < 4.78 is 0. The maximum Gasteiger partial charge on any atom is 0.0317 e. The summed E-state index contributed by atoms with van der Waals surface area (Å²) in [5, 5.41) is 5.26. The summed E-state index contributed by atoms with van der Waals surface area (Å²) in [7, 11) is 0. The van der Waals surface area contributed by atoms with Gasteiger partial charge in [-0.05, 0) is 25.8 Å². The maximum absolute atomic E-state index is 5.34. The van der Waals surface area contributed by atoms with E-state index >= 15 is 0 Å². The van der Waals surface area contributed by atoms with Crippen molar-refractivity contribution in [3.05, 3.63) is 0 Å². The van der Waals surface area contributed by atoms with Crippen LogP contribution in [0.4, 0.5) is 0 Å². The number of hydrogen-bond donors (Lipinski definition) is 1. The van der Waals surface area contributed by atoms with Crippen molar-refractivity contribution in [3.8, 4) is 12.3 Å². The van der Waals surface area contributed by atoms with Crippen LogP contribution in [0, 0.1) is 12.3 Å². The predicted molar refractivity (Wildman–Crippen MR) is 82.9 cm³/mol. The van der Waals surface area contributed by atoms with Crippen LogP contribution in [0.3, 0.4) is 0 Å². The molecule has 0 aromatic rings. The average Bonchev–Trinajstić information content (AvgIpc) is 2.35. The fourth-order valence-corrected chi connectivity index (χ4v) is 5.23. The molecule has 1 aliphatic heterocycles. The first-order valence-electron chi connectivity index (χ1n) is 6.69. The molecule has 0 aromatic heterocycles. The van der Waals surface area contributed by atoms with E-state index in [2.05, 4.69) is 48.6 Å². The third-order valence-electron chi connectivity index (χ3n) is 3.13. The van der Waals surface area contributed by atoms with E-state index in [1.165, 1.54) is 24.3 Å². The summed E-state index contributed by atoms with van der Waals surface area (Å²) in [6, 6.07) is 0.649. The highest BCUT2D eigenvalue weighted by Crippen LogP contribution is 2.34. The SMILES string of the molecule is C#CCCCC(NCCC)C1SCCSC1C. The molecule has 1 aliphatic rings. The lowest BCUT2D eigenvalue weighted by Crippen LogP contribution is -2.44. The number of terminal acetylenes is 1. The number of thioether (sulfide) groups is 2. The normalized spacial score (nSPS) is 26.4. The van der Waals surface area contributed by atoms with Crippen molar-refractivity contribution in [1.29, 1.82) is 0 Å². The Morgan fingerprint density at radius 3 is 2.82 bits per heavy atom. The molecule has 1 heterocycles. The molecule has 1 saturated heterocycles. The van der Waals surface area contributed by atoms with E-state index < -0.39 is 0 Å². The Morgan fingerprint density at radius 1 is 1.41 bits per heavy atom. The van der Waals surface area contributed by atoms with Gasteiger partial charge in [0.2, 0.25) is 0 Å². The molecule has 0 saturated carbocycles. The second-order valence-corrected chi connectivity index (χ2v) is 7.34. The van der Waals surface area contributed by atoms with E-state index in [1.807, 2.05) is 0 Å². The van der Waals surface area contributed by atoms with Crippen molar-refractivity contribution in [2.45, 2.75) is 56.1 Å². The molecule has 0 aliphatic carbocycles. The van der Waals surface area contributed by atoms with Gasteiger partial charge < -0.3 is 5.32 Å². The van der Waals surface area contributed by atoms with E-state index in [0.717, 1.165) is 29.9 Å². The minimum Gasteiger partial charge on any atom is -0.313 e. The van der Waals surface area contributed by atoms with E-state index in [4.69, 9.17) is 6.42 Å². The smallest absolute Gasteiger partial charge is 0.0317 e. The molecule has 3 unspecified atom stereocenters. The zero-order valence-corrected chi connectivity index (χ0v) is 12.7. The van der Waals surface area contributed by atoms with E-state index in [1.54, 1.807) is 0 Å². The fourth-order valence-electron chi connectivity index (χ4n) is 2.23. The zero-order valence-electron chi connectivity index (χ0n) is 11.1. The summed E-state index contributed by atoms with van der Waals surface area (Å²) in [5.74, 6) is 5.37. The molecule has 3 atom stereocenters. The van der Waals surface area contributed by atoms with Crippen LogP contribution in [0.5, 0.6) is 0 Å². The Labute approximate surface area is 115 Å². The molecule has 0 radical (unpaired) electrons. The van der Waals surface area contributed by atoms with Crippen LogP contribution in [0.15, 0.2) is 0 Å². The summed E-state index contributed by atoms with van der Waals surface area (Å²) in [6.07, 6.45) is 9.86. The topological polar surface area (TPSA) is 12.0 Å². The van der Waals surface area contributed by atoms with E-state index in [0.29, 0.717) is 6.04 Å². The lowest BCUT2D eigenvalue weighted by molar-refractivity contribution is 0.452.